The van der Waals surface area contributed by atoms with Crippen molar-refractivity contribution in [2.24, 2.45) is 0 Å². The van der Waals surface area contributed by atoms with Gasteiger partial charge in [-0.15, -0.1) is 0 Å². The molecule has 4 rings (SSSR count). The second kappa shape index (κ2) is 7.70. The zero-order valence-corrected chi connectivity index (χ0v) is 16.7. The van der Waals surface area contributed by atoms with Crippen LogP contribution in [-0.4, -0.2) is 34.8 Å². The molecule has 0 aromatic heterocycles. The second-order valence-electron chi connectivity index (χ2n) is 7.75. The van der Waals surface area contributed by atoms with Crippen molar-refractivity contribution in [1.29, 1.82) is 0 Å². The van der Waals surface area contributed by atoms with E-state index in [2.05, 4.69) is 12.2 Å². The third-order valence-corrected chi connectivity index (χ3v) is 5.48. The number of rotatable bonds is 6. The van der Waals surface area contributed by atoms with Crippen molar-refractivity contribution in [3.05, 3.63) is 59.7 Å². The van der Waals surface area contributed by atoms with Gasteiger partial charge in [-0.1, -0.05) is 31.2 Å². The van der Waals surface area contributed by atoms with Gasteiger partial charge in [-0.3, -0.25) is 9.59 Å². The van der Waals surface area contributed by atoms with Crippen molar-refractivity contribution >= 4 is 29.2 Å². The van der Waals surface area contributed by atoms with E-state index in [4.69, 9.17) is 0 Å². The lowest BCUT2D eigenvalue weighted by Crippen LogP contribution is -2.39. The molecule has 2 fully saturated rings. The van der Waals surface area contributed by atoms with E-state index in [0.29, 0.717) is 11.4 Å². The van der Waals surface area contributed by atoms with Crippen LogP contribution in [0.4, 0.5) is 16.2 Å². The summed E-state index contributed by atoms with van der Waals surface area (Å²) < 4.78 is 0. The van der Waals surface area contributed by atoms with Gasteiger partial charge in [0.25, 0.3) is 5.91 Å². The summed E-state index contributed by atoms with van der Waals surface area (Å²) in [5, 5.41) is 2.85. The number of anilines is 2. The molecule has 2 aliphatic rings. The monoisotopic (exact) mass is 391 g/mol. The maximum Gasteiger partial charge on any atom is 0.332 e. The van der Waals surface area contributed by atoms with E-state index in [1.807, 2.05) is 49.4 Å². The highest BCUT2D eigenvalue weighted by Gasteiger charge is 2.51. The summed E-state index contributed by atoms with van der Waals surface area (Å²) in [4.78, 5) is 41.6. The summed E-state index contributed by atoms with van der Waals surface area (Å²) in [7, 11) is 0. The minimum absolute atomic E-state index is 0.0427. The lowest BCUT2D eigenvalue weighted by Gasteiger charge is -2.21. The minimum Gasteiger partial charge on any atom is -0.326 e. The van der Waals surface area contributed by atoms with Gasteiger partial charge in [0.05, 0.1) is 12.1 Å². The van der Waals surface area contributed by atoms with E-state index in [1.54, 1.807) is 11.0 Å². The average molecular weight is 391 g/mol. The van der Waals surface area contributed by atoms with Crippen molar-refractivity contribution in [3.8, 4) is 0 Å². The van der Waals surface area contributed by atoms with E-state index in [-0.39, 0.29) is 30.3 Å². The first-order valence-electron chi connectivity index (χ1n) is 10.1. The Morgan fingerprint density at radius 2 is 1.83 bits per heavy atom. The van der Waals surface area contributed by atoms with Crippen LogP contribution in [0.2, 0.25) is 0 Å². The SMILES string of the molecule is CCc1ccc(NC(=O)C[C@H]2C(=O)N(c3cccc(C)c3)C(=O)N2C2CC2)cc1. The quantitative estimate of drug-likeness (QED) is 0.760. The Labute approximate surface area is 170 Å². The predicted octanol–water partition coefficient (Wildman–Crippen LogP) is 3.89. The number of amides is 4. The number of hydrogen-bond donors (Lipinski definition) is 1. The van der Waals surface area contributed by atoms with Gasteiger partial charge in [-0.2, -0.15) is 0 Å². The van der Waals surface area contributed by atoms with Gasteiger partial charge in [0.15, 0.2) is 0 Å². The second-order valence-corrected chi connectivity index (χ2v) is 7.75. The first kappa shape index (κ1) is 19.2. The van der Waals surface area contributed by atoms with Crippen LogP contribution in [0.15, 0.2) is 48.5 Å². The molecule has 150 valence electrons. The molecule has 1 saturated carbocycles. The van der Waals surface area contributed by atoms with Gasteiger partial charge in [-0.25, -0.2) is 9.69 Å². The van der Waals surface area contributed by atoms with Gasteiger partial charge in [0.1, 0.15) is 6.04 Å². The van der Waals surface area contributed by atoms with Gasteiger partial charge >= 0.3 is 6.03 Å². The summed E-state index contributed by atoms with van der Waals surface area (Å²) in [5.74, 6) is -0.596. The van der Waals surface area contributed by atoms with Gasteiger partial charge in [-0.05, 0) is 61.6 Å². The van der Waals surface area contributed by atoms with Crippen molar-refractivity contribution in [3.63, 3.8) is 0 Å². The number of carbonyl (C=O) groups excluding carboxylic acids is 3. The highest BCUT2D eigenvalue weighted by Crippen LogP contribution is 2.36. The van der Waals surface area contributed by atoms with E-state index < -0.39 is 6.04 Å². The number of nitrogens with zero attached hydrogens (tertiary/aromatic N) is 2. The summed E-state index contributed by atoms with van der Waals surface area (Å²) in [6.07, 6.45) is 2.63. The molecule has 2 aromatic carbocycles. The molecule has 0 spiro atoms. The topological polar surface area (TPSA) is 69.7 Å². The van der Waals surface area contributed by atoms with Crippen LogP contribution in [-0.2, 0) is 16.0 Å². The van der Waals surface area contributed by atoms with E-state index in [0.717, 1.165) is 24.8 Å². The number of urea groups is 1. The van der Waals surface area contributed by atoms with Crippen LogP contribution < -0.4 is 10.2 Å². The molecule has 4 amide bonds. The van der Waals surface area contributed by atoms with Gasteiger partial charge in [0.2, 0.25) is 5.91 Å². The highest BCUT2D eigenvalue weighted by atomic mass is 16.2. The van der Waals surface area contributed by atoms with E-state index in [1.165, 1.54) is 10.5 Å². The van der Waals surface area contributed by atoms with Crippen LogP contribution in [0.5, 0.6) is 0 Å². The lowest BCUT2D eigenvalue weighted by molar-refractivity contribution is -0.124. The number of hydrogen-bond acceptors (Lipinski definition) is 3. The molecule has 6 heteroatoms. The predicted molar refractivity (Wildman–Crippen MR) is 112 cm³/mol. The van der Waals surface area contributed by atoms with Gasteiger partial charge in [0, 0.05) is 11.7 Å². The molecule has 2 aromatic rings. The van der Waals surface area contributed by atoms with E-state index in [9.17, 15) is 14.4 Å². The Morgan fingerprint density at radius 1 is 1.10 bits per heavy atom. The molecule has 1 aliphatic carbocycles. The largest absolute Gasteiger partial charge is 0.332 e. The Bertz CT molecular complexity index is 950. The number of carbonyl (C=O) groups is 3. The van der Waals surface area contributed by atoms with Crippen molar-refractivity contribution in [1.82, 2.24) is 4.90 Å². The molecule has 1 saturated heterocycles. The first-order chi connectivity index (χ1) is 14.0. The molecule has 6 nitrogen and oxygen atoms in total. The van der Waals surface area contributed by atoms with Crippen LogP contribution in [0.1, 0.15) is 37.3 Å². The first-order valence-corrected chi connectivity index (χ1v) is 10.1. The molecule has 1 N–H and O–H groups in total. The van der Waals surface area contributed by atoms with Gasteiger partial charge < -0.3 is 10.2 Å². The minimum atomic E-state index is -0.759. The summed E-state index contributed by atoms with van der Waals surface area (Å²) in [6.45, 7) is 3.99. The third-order valence-electron chi connectivity index (χ3n) is 5.48. The molecule has 0 unspecified atom stereocenters. The maximum absolute atomic E-state index is 13.1. The third kappa shape index (κ3) is 3.88. The fraction of sp³-hybridized carbons (Fsp3) is 0.348. The zero-order valence-electron chi connectivity index (χ0n) is 16.7. The molecular formula is C23H25N3O3. The highest BCUT2D eigenvalue weighted by molar-refractivity contribution is 6.22. The molecular weight excluding hydrogens is 366 g/mol. The summed E-state index contributed by atoms with van der Waals surface area (Å²) in [5.41, 5.74) is 3.41. The fourth-order valence-corrected chi connectivity index (χ4v) is 3.78. The van der Waals surface area contributed by atoms with Crippen LogP contribution >= 0.6 is 0 Å². The standard InChI is InChI=1S/C23H25N3O3/c1-3-16-7-9-17(10-8-16)24-21(27)14-20-22(28)26(19-6-4-5-15(2)13-19)23(29)25(20)18-11-12-18/h4-10,13,18,20H,3,11-12,14H2,1-2H3,(H,24,27)/t20-/m0/s1. The molecule has 1 heterocycles. The van der Waals surface area contributed by atoms with Crippen LogP contribution in [0, 0.1) is 6.92 Å². The number of aryl methyl sites for hydroxylation is 2. The molecule has 29 heavy (non-hydrogen) atoms. The number of nitrogens with one attached hydrogen (secondary N) is 1. The zero-order chi connectivity index (χ0) is 20.5. The molecule has 1 atom stereocenters. The summed E-state index contributed by atoms with van der Waals surface area (Å²) in [6, 6.07) is 13.9. The smallest absolute Gasteiger partial charge is 0.326 e. The Hall–Kier alpha value is -3.15. The van der Waals surface area contributed by atoms with Crippen molar-refractivity contribution in [2.45, 2.75) is 51.6 Å². The lowest BCUT2D eigenvalue weighted by atomic mass is 10.1. The average Bonchev–Trinajstić information content (AvgIpc) is 3.50. The molecule has 0 bridgehead atoms. The van der Waals surface area contributed by atoms with Crippen LogP contribution in [0.3, 0.4) is 0 Å². The Kier molecular flexibility index (Phi) is 5.09. The fourth-order valence-electron chi connectivity index (χ4n) is 3.78. The maximum atomic E-state index is 13.1. The van der Waals surface area contributed by atoms with Crippen LogP contribution in [0.25, 0.3) is 0 Å². The summed E-state index contributed by atoms with van der Waals surface area (Å²) >= 11 is 0. The van der Waals surface area contributed by atoms with Crippen molar-refractivity contribution in [2.75, 3.05) is 10.2 Å². The number of imide groups is 1. The number of benzene rings is 2. The Balaban J connectivity index is 1.52. The van der Waals surface area contributed by atoms with E-state index >= 15 is 0 Å². The van der Waals surface area contributed by atoms with Crippen molar-refractivity contribution < 1.29 is 14.4 Å². The normalized spacial score (nSPS) is 19.0. The Morgan fingerprint density at radius 3 is 2.45 bits per heavy atom. The molecule has 1 aliphatic heterocycles. The molecule has 0 radical (unpaired) electrons.